The molecule has 13 heteroatoms. The van der Waals surface area contributed by atoms with Gasteiger partial charge in [0.05, 0.1) is 42.2 Å². The van der Waals surface area contributed by atoms with Gasteiger partial charge in [-0.1, -0.05) is 6.92 Å². The maximum absolute atomic E-state index is 13.5. The summed E-state index contributed by atoms with van der Waals surface area (Å²) in [6.45, 7) is 6.52. The van der Waals surface area contributed by atoms with E-state index in [1.54, 1.807) is 26.2 Å². The summed E-state index contributed by atoms with van der Waals surface area (Å²) in [6.07, 6.45) is 1.44. The van der Waals surface area contributed by atoms with E-state index in [9.17, 15) is 13.2 Å². The molecule has 0 bridgehead atoms. The van der Waals surface area contributed by atoms with Crippen LogP contribution in [0.2, 0.25) is 0 Å². The second-order valence-electron chi connectivity index (χ2n) is 8.83. The first-order valence-electron chi connectivity index (χ1n) is 12.8. The lowest BCUT2D eigenvalue weighted by molar-refractivity contribution is 0.144. The number of hydrogen-bond donors (Lipinski definition) is 2. The molecule has 0 aliphatic carbocycles. The van der Waals surface area contributed by atoms with Gasteiger partial charge in [-0.3, -0.25) is 9.52 Å². The molecule has 0 radical (unpaired) electrons. The lowest BCUT2D eigenvalue weighted by Gasteiger charge is -2.15. The van der Waals surface area contributed by atoms with E-state index in [1.807, 2.05) is 13.8 Å². The average Bonchev–Trinajstić information content (AvgIpc) is 3.24. The summed E-state index contributed by atoms with van der Waals surface area (Å²) in [4.78, 5) is 20.2. The topological polar surface area (TPSA) is 146 Å². The Morgan fingerprint density at radius 1 is 1.00 bits per heavy atom. The number of methoxy groups -OCH3 is 2. The molecule has 2 N–H and O–H groups in total. The quantitative estimate of drug-likeness (QED) is 0.230. The normalized spacial score (nSPS) is 11.5. The number of sulfonamides is 1. The molecule has 0 aliphatic heterocycles. The van der Waals surface area contributed by atoms with Crippen molar-refractivity contribution in [2.24, 2.45) is 0 Å². The van der Waals surface area contributed by atoms with E-state index in [0.717, 1.165) is 6.42 Å². The summed E-state index contributed by atoms with van der Waals surface area (Å²) >= 11 is 0. The number of nitrogens with zero attached hydrogens (tertiary/aromatic N) is 3. The molecule has 0 fully saturated rings. The number of aryl methyl sites for hydroxylation is 2. The van der Waals surface area contributed by atoms with Gasteiger partial charge in [0.1, 0.15) is 18.2 Å². The molecule has 2 heterocycles. The summed E-state index contributed by atoms with van der Waals surface area (Å²) in [5, 5.41) is 4.62. The number of H-pyrrole nitrogens is 1. The first-order chi connectivity index (χ1) is 19.2. The number of aromatic nitrogens is 4. The lowest BCUT2D eigenvalue weighted by atomic mass is 10.2. The number of anilines is 1. The van der Waals surface area contributed by atoms with Gasteiger partial charge in [0.2, 0.25) is 0 Å². The monoisotopic (exact) mass is 571 g/mol. The fourth-order valence-corrected chi connectivity index (χ4v) is 5.26. The van der Waals surface area contributed by atoms with Crippen LogP contribution in [0.25, 0.3) is 16.9 Å². The molecule has 214 valence electrons. The highest BCUT2D eigenvalue weighted by molar-refractivity contribution is 7.92. The fourth-order valence-electron chi connectivity index (χ4n) is 4.19. The molecule has 2 aromatic carbocycles. The van der Waals surface area contributed by atoms with E-state index in [0.29, 0.717) is 59.5 Å². The summed E-state index contributed by atoms with van der Waals surface area (Å²) < 4.78 is 52.7. The van der Waals surface area contributed by atoms with Gasteiger partial charge in [-0.25, -0.2) is 17.9 Å². The molecule has 0 spiro atoms. The van der Waals surface area contributed by atoms with Crippen LogP contribution in [-0.4, -0.2) is 62.0 Å². The molecule has 0 aliphatic rings. The molecule has 2 aromatic heterocycles. The second-order valence-corrected chi connectivity index (χ2v) is 10.5. The maximum atomic E-state index is 13.5. The molecule has 0 unspecified atom stereocenters. The molecule has 0 saturated heterocycles. The van der Waals surface area contributed by atoms with Gasteiger partial charge in [-0.05, 0) is 50.6 Å². The highest BCUT2D eigenvalue weighted by Crippen LogP contribution is 2.33. The van der Waals surface area contributed by atoms with Crippen molar-refractivity contribution in [2.75, 3.05) is 38.8 Å². The molecule has 0 saturated carbocycles. The Hall–Kier alpha value is -4.10. The Morgan fingerprint density at radius 3 is 2.48 bits per heavy atom. The van der Waals surface area contributed by atoms with Gasteiger partial charge in [-0.15, -0.1) is 5.10 Å². The van der Waals surface area contributed by atoms with E-state index in [1.165, 1.54) is 35.9 Å². The van der Waals surface area contributed by atoms with Gasteiger partial charge >= 0.3 is 0 Å². The first-order valence-corrected chi connectivity index (χ1v) is 14.3. The maximum Gasteiger partial charge on any atom is 0.277 e. The Morgan fingerprint density at radius 2 is 1.77 bits per heavy atom. The number of ether oxygens (including phenoxy) is 4. The summed E-state index contributed by atoms with van der Waals surface area (Å²) in [5.41, 5.74) is 1.12. The first kappa shape index (κ1) is 28.9. The number of aromatic amines is 1. The minimum atomic E-state index is -4.07. The predicted molar refractivity (Wildman–Crippen MR) is 150 cm³/mol. The van der Waals surface area contributed by atoms with Crippen LogP contribution in [0.3, 0.4) is 0 Å². The fraction of sp³-hybridized carbons (Fsp3) is 0.370. The Kier molecular flexibility index (Phi) is 8.95. The van der Waals surface area contributed by atoms with Crippen LogP contribution in [0.4, 0.5) is 5.69 Å². The van der Waals surface area contributed by atoms with Crippen molar-refractivity contribution in [3.8, 4) is 28.6 Å². The molecular formula is C27H33N5O7S. The van der Waals surface area contributed by atoms with E-state index >= 15 is 0 Å². The van der Waals surface area contributed by atoms with Crippen molar-refractivity contribution in [3.05, 3.63) is 58.3 Å². The zero-order valence-electron chi connectivity index (χ0n) is 23.1. The summed E-state index contributed by atoms with van der Waals surface area (Å²) in [6, 6.07) is 9.09. The Balaban J connectivity index is 1.75. The van der Waals surface area contributed by atoms with Crippen LogP contribution >= 0.6 is 0 Å². The minimum Gasteiger partial charge on any atom is -0.493 e. The predicted octanol–water partition coefficient (Wildman–Crippen LogP) is 3.58. The van der Waals surface area contributed by atoms with Crippen LogP contribution in [0.1, 0.15) is 31.8 Å². The number of benzene rings is 2. The van der Waals surface area contributed by atoms with Crippen LogP contribution in [0.5, 0.6) is 17.2 Å². The zero-order chi connectivity index (χ0) is 28.9. The van der Waals surface area contributed by atoms with E-state index < -0.39 is 10.0 Å². The molecule has 0 atom stereocenters. The van der Waals surface area contributed by atoms with Gasteiger partial charge in [0, 0.05) is 19.6 Å². The Bertz CT molecular complexity index is 1660. The molecule has 12 nitrogen and oxygen atoms in total. The van der Waals surface area contributed by atoms with Crippen molar-refractivity contribution in [1.29, 1.82) is 0 Å². The molecular weight excluding hydrogens is 538 g/mol. The standard InChI is InChI=1S/C27H33N5O7S/c1-6-8-24-28-17(3)25-27(33)29-26(30-32(24)25)20-16-19(10-12-21(20)38-7-2)40(34,35)31-18-9-11-22(37-5)23(15-18)39-14-13-36-4/h9-12,15-16,31H,6-8,13-14H2,1-5H3,(H,29,30,33). The number of imidazole rings is 1. The van der Waals surface area contributed by atoms with Gasteiger partial charge in [0.25, 0.3) is 15.6 Å². The largest absolute Gasteiger partial charge is 0.493 e. The highest BCUT2D eigenvalue weighted by Gasteiger charge is 2.22. The summed E-state index contributed by atoms with van der Waals surface area (Å²) in [7, 11) is -1.02. The molecule has 0 amide bonds. The smallest absolute Gasteiger partial charge is 0.277 e. The number of hydrogen-bond acceptors (Lipinski definition) is 9. The molecule has 40 heavy (non-hydrogen) atoms. The highest BCUT2D eigenvalue weighted by atomic mass is 32.2. The number of nitrogens with one attached hydrogen (secondary N) is 2. The van der Waals surface area contributed by atoms with Crippen LogP contribution in [0, 0.1) is 6.92 Å². The number of fused-ring (bicyclic) bond motifs is 1. The van der Waals surface area contributed by atoms with Crippen molar-refractivity contribution in [3.63, 3.8) is 0 Å². The van der Waals surface area contributed by atoms with E-state index in [4.69, 9.17) is 18.9 Å². The van der Waals surface area contributed by atoms with Crippen LogP contribution in [0.15, 0.2) is 46.1 Å². The third-order valence-corrected chi connectivity index (χ3v) is 7.37. The third-order valence-electron chi connectivity index (χ3n) is 5.99. The lowest BCUT2D eigenvalue weighted by Crippen LogP contribution is -2.17. The summed E-state index contributed by atoms with van der Waals surface area (Å²) in [5.74, 6) is 1.99. The van der Waals surface area contributed by atoms with Gasteiger partial charge in [0.15, 0.2) is 22.8 Å². The van der Waals surface area contributed by atoms with Crippen molar-refractivity contribution in [1.82, 2.24) is 19.6 Å². The van der Waals surface area contributed by atoms with Crippen molar-refractivity contribution < 1.29 is 27.4 Å². The average molecular weight is 572 g/mol. The third kappa shape index (κ3) is 6.05. The molecule has 4 rings (SSSR count). The van der Waals surface area contributed by atoms with Crippen LogP contribution < -0.4 is 24.5 Å². The molecule has 4 aromatic rings. The van der Waals surface area contributed by atoms with Gasteiger partial charge in [-0.2, -0.15) is 0 Å². The Labute approximate surface area is 232 Å². The van der Waals surface area contributed by atoms with Crippen molar-refractivity contribution in [2.45, 2.75) is 38.5 Å². The van der Waals surface area contributed by atoms with E-state index in [2.05, 4.69) is 19.8 Å². The van der Waals surface area contributed by atoms with Crippen LogP contribution in [-0.2, 0) is 21.2 Å². The van der Waals surface area contributed by atoms with Gasteiger partial charge < -0.3 is 23.9 Å². The SMILES string of the molecule is CCCc1nc(C)c2c(=O)[nH]c(-c3cc(S(=O)(=O)Nc4ccc(OC)c(OCCOC)c4)ccc3OCC)nn12. The second kappa shape index (κ2) is 12.4. The van der Waals surface area contributed by atoms with Crippen molar-refractivity contribution >= 4 is 21.2 Å². The zero-order valence-corrected chi connectivity index (χ0v) is 23.9. The number of rotatable bonds is 13. The van der Waals surface area contributed by atoms with E-state index in [-0.39, 0.29) is 28.6 Å². The minimum absolute atomic E-state index is 0.0537.